The maximum Gasteiger partial charge on any atom is 0.326 e. The van der Waals surface area contributed by atoms with Gasteiger partial charge in [-0.25, -0.2) is 9.18 Å². The van der Waals surface area contributed by atoms with Gasteiger partial charge in [0.25, 0.3) is 5.89 Å². The molecule has 0 bridgehead atoms. The Morgan fingerprint density at radius 1 is 1.03 bits per heavy atom. The summed E-state index contributed by atoms with van der Waals surface area (Å²) in [6.07, 6.45) is 0. The van der Waals surface area contributed by atoms with Crippen LogP contribution in [0.4, 0.5) is 14.9 Å². The molecule has 1 N–H and O–H groups in total. The zero-order valence-corrected chi connectivity index (χ0v) is 18.5. The number of carbonyl (C=O) groups excluding carboxylic acids is 1. The summed E-state index contributed by atoms with van der Waals surface area (Å²) >= 11 is 0. The minimum Gasteiger partial charge on any atom is -0.497 e. The minimum absolute atomic E-state index is 0.274. The van der Waals surface area contributed by atoms with Crippen LogP contribution in [-0.4, -0.2) is 23.3 Å². The largest absolute Gasteiger partial charge is 0.497 e. The van der Waals surface area contributed by atoms with Gasteiger partial charge in [0.05, 0.1) is 24.4 Å². The van der Waals surface area contributed by atoms with Crippen LogP contribution >= 0.6 is 0 Å². The summed E-state index contributed by atoms with van der Waals surface area (Å²) < 4.78 is 24.5. The summed E-state index contributed by atoms with van der Waals surface area (Å²) in [5.41, 5.74) is 3.37. The second kappa shape index (κ2) is 8.82. The smallest absolute Gasteiger partial charge is 0.326 e. The van der Waals surface area contributed by atoms with E-state index in [1.54, 1.807) is 19.2 Å². The topological polar surface area (TPSA) is 80.5 Å². The molecule has 8 heteroatoms. The van der Waals surface area contributed by atoms with E-state index in [1.807, 2.05) is 61.5 Å². The second-order valence-corrected chi connectivity index (χ2v) is 7.76. The van der Waals surface area contributed by atoms with E-state index in [1.165, 1.54) is 17.0 Å². The first-order valence-corrected chi connectivity index (χ1v) is 10.7. The summed E-state index contributed by atoms with van der Waals surface area (Å²) in [5.74, 6) is 0.960. The van der Waals surface area contributed by atoms with Crippen molar-refractivity contribution in [2.75, 3.05) is 12.0 Å². The zero-order chi connectivity index (χ0) is 23.7. The fourth-order valence-corrected chi connectivity index (χ4v) is 4.03. The first kappa shape index (κ1) is 21.4. The third-order valence-electron chi connectivity index (χ3n) is 5.69. The number of ether oxygens (including phenoxy) is 1. The van der Waals surface area contributed by atoms with Crippen LogP contribution in [0.3, 0.4) is 0 Å². The van der Waals surface area contributed by atoms with Gasteiger partial charge in [0.1, 0.15) is 11.6 Å². The van der Waals surface area contributed by atoms with Crippen molar-refractivity contribution >= 4 is 17.3 Å². The summed E-state index contributed by atoms with van der Waals surface area (Å²) in [4.78, 5) is 19.3. The van der Waals surface area contributed by atoms with Crippen molar-refractivity contribution in [1.82, 2.24) is 15.5 Å². The molecule has 34 heavy (non-hydrogen) atoms. The number of nitrogens with zero attached hydrogens (tertiary/aromatic N) is 3. The van der Waals surface area contributed by atoms with Crippen molar-refractivity contribution in [3.05, 3.63) is 102 Å². The second-order valence-electron chi connectivity index (χ2n) is 7.76. The highest BCUT2D eigenvalue weighted by Crippen LogP contribution is 2.39. The van der Waals surface area contributed by atoms with Gasteiger partial charge in [0, 0.05) is 11.3 Å². The number of urea groups is 1. The Bertz CT molecular complexity index is 1370. The molecule has 0 saturated carbocycles. The molecular weight excluding hydrogens is 435 g/mol. The summed E-state index contributed by atoms with van der Waals surface area (Å²) in [6.45, 7) is 1.81. The molecule has 0 saturated heterocycles. The summed E-state index contributed by atoms with van der Waals surface area (Å²) in [6, 6.07) is 21.8. The molecule has 2 heterocycles. The number of rotatable bonds is 5. The van der Waals surface area contributed by atoms with Crippen molar-refractivity contribution in [3.8, 4) is 17.1 Å². The van der Waals surface area contributed by atoms with Crippen molar-refractivity contribution in [1.29, 1.82) is 0 Å². The van der Waals surface area contributed by atoms with E-state index >= 15 is 0 Å². The quantitative estimate of drug-likeness (QED) is 0.424. The third-order valence-corrected chi connectivity index (χ3v) is 5.69. The molecular formula is C26H21FN4O3. The van der Waals surface area contributed by atoms with Gasteiger partial charge in [-0.3, -0.25) is 4.90 Å². The predicted molar refractivity (Wildman–Crippen MR) is 125 cm³/mol. The summed E-state index contributed by atoms with van der Waals surface area (Å²) in [5, 5.41) is 7.20. The van der Waals surface area contributed by atoms with Gasteiger partial charge < -0.3 is 14.6 Å². The average Bonchev–Trinajstić information content (AvgIpc) is 3.35. The lowest BCUT2D eigenvalue weighted by Gasteiger charge is -2.35. The Morgan fingerprint density at radius 2 is 1.79 bits per heavy atom. The number of halogens is 1. The van der Waals surface area contributed by atoms with E-state index in [2.05, 4.69) is 15.5 Å². The van der Waals surface area contributed by atoms with Crippen molar-refractivity contribution < 1.29 is 18.4 Å². The molecule has 7 nitrogen and oxygen atoms in total. The highest BCUT2D eigenvalue weighted by molar-refractivity contribution is 6.01. The highest BCUT2D eigenvalue weighted by atomic mass is 19.1. The Balaban J connectivity index is 1.64. The maximum absolute atomic E-state index is 13.5. The molecule has 0 spiro atoms. The van der Waals surface area contributed by atoms with Crippen LogP contribution < -0.4 is 15.0 Å². The van der Waals surface area contributed by atoms with E-state index in [0.29, 0.717) is 28.5 Å². The van der Waals surface area contributed by atoms with Gasteiger partial charge in [-0.1, -0.05) is 47.6 Å². The molecule has 1 atom stereocenters. The monoisotopic (exact) mass is 456 g/mol. The van der Waals surface area contributed by atoms with Gasteiger partial charge in [0.15, 0.2) is 0 Å². The lowest BCUT2D eigenvalue weighted by Crippen LogP contribution is -2.46. The molecule has 4 aromatic rings. The Hall–Kier alpha value is -4.46. The van der Waals surface area contributed by atoms with Gasteiger partial charge in [0.2, 0.25) is 5.82 Å². The molecule has 0 radical (unpaired) electrons. The van der Waals surface area contributed by atoms with Crippen LogP contribution in [0, 0.1) is 5.82 Å². The van der Waals surface area contributed by atoms with Crippen LogP contribution in [0.2, 0.25) is 0 Å². The van der Waals surface area contributed by atoms with E-state index in [0.717, 1.165) is 11.1 Å². The molecule has 2 amide bonds. The molecule has 3 aromatic carbocycles. The standard InChI is InChI=1S/C26H21FN4O3/c1-16-22(25-29-24(30-34-25)18-9-6-10-21(15-18)33-2)23(17-7-4-3-5-8-17)28-26(32)31(16)20-13-11-19(27)12-14-20/h3-15,23H,1-2H3,(H,28,32). The first-order chi connectivity index (χ1) is 16.5. The van der Waals surface area contributed by atoms with Gasteiger partial charge >= 0.3 is 6.03 Å². The lowest BCUT2D eigenvalue weighted by molar-refractivity contribution is 0.244. The first-order valence-electron chi connectivity index (χ1n) is 10.7. The molecule has 1 aromatic heterocycles. The molecule has 1 unspecified atom stereocenters. The van der Waals surface area contributed by atoms with Crippen molar-refractivity contribution in [2.45, 2.75) is 13.0 Å². The van der Waals surface area contributed by atoms with Crippen LogP contribution in [0.1, 0.15) is 24.4 Å². The highest BCUT2D eigenvalue weighted by Gasteiger charge is 2.36. The van der Waals surface area contributed by atoms with Gasteiger partial charge in [-0.2, -0.15) is 4.98 Å². The number of hydrogen-bond acceptors (Lipinski definition) is 5. The number of hydrogen-bond donors (Lipinski definition) is 1. The number of anilines is 1. The lowest BCUT2D eigenvalue weighted by atomic mass is 9.94. The number of carbonyl (C=O) groups is 1. The molecule has 170 valence electrons. The number of benzene rings is 3. The zero-order valence-electron chi connectivity index (χ0n) is 18.5. The molecule has 5 rings (SSSR count). The summed E-state index contributed by atoms with van der Waals surface area (Å²) in [7, 11) is 1.59. The molecule has 0 aliphatic carbocycles. The van der Waals surface area contributed by atoms with Crippen molar-refractivity contribution in [3.63, 3.8) is 0 Å². The van der Waals surface area contributed by atoms with E-state index in [4.69, 9.17) is 9.26 Å². The van der Waals surface area contributed by atoms with Crippen LogP contribution in [0.5, 0.6) is 5.75 Å². The number of nitrogens with one attached hydrogen (secondary N) is 1. The third kappa shape index (κ3) is 3.90. The van der Waals surface area contributed by atoms with E-state index in [9.17, 15) is 9.18 Å². The number of amides is 2. The van der Waals surface area contributed by atoms with Crippen LogP contribution in [0.25, 0.3) is 17.0 Å². The van der Waals surface area contributed by atoms with Crippen LogP contribution in [0.15, 0.2) is 89.1 Å². The SMILES string of the molecule is COc1cccc(-c2noc(C3=C(C)N(c4ccc(F)cc4)C(=O)NC3c3ccccc3)n2)c1. The Kier molecular flexibility index (Phi) is 5.55. The van der Waals surface area contributed by atoms with Gasteiger partial charge in [-0.05, 0) is 48.9 Å². The average molecular weight is 456 g/mol. The fourth-order valence-electron chi connectivity index (χ4n) is 4.03. The predicted octanol–water partition coefficient (Wildman–Crippen LogP) is 5.59. The minimum atomic E-state index is -0.510. The van der Waals surface area contributed by atoms with Crippen molar-refractivity contribution in [2.24, 2.45) is 0 Å². The molecule has 0 fully saturated rings. The fraction of sp³-hybridized carbons (Fsp3) is 0.115. The molecule has 1 aliphatic heterocycles. The number of aromatic nitrogens is 2. The Labute approximate surface area is 195 Å². The van der Waals surface area contributed by atoms with Gasteiger partial charge in [-0.15, -0.1) is 0 Å². The number of allylic oxidation sites excluding steroid dienone is 1. The maximum atomic E-state index is 13.5. The number of methoxy groups -OCH3 is 1. The van der Waals surface area contributed by atoms with E-state index in [-0.39, 0.29) is 17.7 Å². The van der Waals surface area contributed by atoms with E-state index < -0.39 is 6.04 Å². The Morgan fingerprint density at radius 3 is 2.53 bits per heavy atom. The molecule has 1 aliphatic rings. The van der Waals surface area contributed by atoms with Crippen LogP contribution in [-0.2, 0) is 0 Å². The normalized spacial score (nSPS) is 15.9.